The molecule has 1 amide bonds. The van der Waals surface area contributed by atoms with Crippen LogP contribution in [0.3, 0.4) is 0 Å². The van der Waals surface area contributed by atoms with Gasteiger partial charge in [-0.05, 0) is 60.5 Å². The molecule has 0 unspecified atom stereocenters. The molecule has 3 rings (SSSR count). The Kier molecular flexibility index (Phi) is 5.99. The van der Waals surface area contributed by atoms with Crippen LogP contribution in [0.1, 0.15) is 28.2 Å². The highest BCUT2D eigenvalue weighted by atomic mass is 32.1. The van der Waals surface area contributed by atoms with E-state index in [0.29, 0.717) is 5.11 Å². The van der Waals surface area contributed by atoms with Crippen LogP contribution in [-0.4, -0.2) is 11.0 Å². The number of thiocarbonyl (C=S) groups is 1. The normalized spacial score (nSPS) is 10.5. The summed E-state index contributed by atoms with van der Waals surface area (Å²) < 4.78 is 0. The zero-order valence-corrected chi connectivity index (χ0v) is 16.2. The highest BCUT2D eigenvalue weighted by Gasteiger charge is 2.23. The summed E-state index contributed by atoms with van der Waals surface area (Å²) in [6.07, 6.45) is 0. The molecule has 3 aromatic carbocycles. The van der Waals surface area contributed by atoms with Crippen molar-refractivity contribution in [3.8, 4) is 0 Å². The van der Waals surface area contributed by atoms with Gasteiger partial charge in [0.2, 0.25) is 5.91 Å². The van der Waals surface area contributed by atoms with Crippen LogP contribution in [0.5, 0.6) is 0 Å². The molecule has 0 atom stereocenters. The Labute approximate surface area is 165 Å². The summed E-state index contributed by atoms with van der Waals surface area (Å²) in [5.74, 6) is -0.583. The Balaban J connectivity index is 1.78. The molecule has 0 bridgehead atoms. The van der Waals surface area contributed by atoms with Gasteiger partial charge in [0, 0.05) is 5.69 Å². The minimum atomic E-state index is -0.424. The molecule has 0 aliphatic carbocycles. The van der Waals surface area contributed by atoms with Crippen LogP contribution in [0.25, 0.3) is 0 Å². The number of rotatable bonds is 4. The van der Waals surface area contributed by atoms with Gasteiger partial charge in [-0.1, -0.05) is 66.7 Å². The summed E-state index contributed by atoms with van der Waals surface area (Å²) in [7, 11) is 0. The topological polar surface area (TPSA) is 41.1 Å². The van der Waals surface area contributed by atoms with Gasteiger partial charge in [0.15, 0.2) is 5.11 Å². The number of hydrogen-bond acceptors (Lipinski definition) is 2. The first kappa shape index (κ1) is 18.8. The van der Waals surface area contributed by atoms with Gasteiger partial charge in [-0.25, -0.2) is 0 Å². The van der Waals surface area contributed by atoms with E-state index in [1.54, 1.807) is 0 Å². The first-order valence-electron chi connectivity index (χ1n) is 8.83. The second-order valence-electron chi connectivity index (χ2n) is 6.50. The molecule has 0 aliphatic rings. The molecule has 0 saturated heterocycles. The summed E-state index contributed by atoms with van der Waals surface area (Å²) >= 11 is 5.36. The average molecular weight is 375 g/mol. The third-order valence-corrected chi connectivity index (χ3v) is 4.73. The van der Waals surface area contributed by atoms with Crippen LogP contribution in [-0.2, 0) is 4.79 Å². The Morgan fingerprint density at radius 2 is 1.37 bits per heavy atom. The van der Waals surface area contributed by atoms with E-state index in [0.717, 1.165) is 16.8 Å². The summed E-state index contributed by atoms with van der Waals surface area (Å²) in [5.41, 5.74) is 5.09. The van der Waals surface area contributed by atoms with Gasteiger partial charge in [-0.3, -0.25) is 4.79 Å². The molecule has 4 heteroatoms. The quantitative estimate of drug-likeness (QED) is 0.635. The Morgan fingerprint density at radius 1 is 0.815 bits per heavy atom. The maximum Gasteiger partial charge on any atom is 0.238 e. The summed E-state index contributed by atoms with van der Waals surface area (Å²) in [4.78, 5) is 13.0. The van der Waals surface area contributed by atoms with Crippen LogP contribution in [0.15, 0.2) is 78.9 Å². The molecule has 0 aliphatic heterocycles. The van der Waals surface area contributed by atoms with E-state index >= 15 is 0 Å². The fourth-order valence-electron chi connectivity index (χ4n) is 2.95. The second-order valence-corrected chi connectivity index (χ2v) is 6.91. The van der Waals surface area contributed by atoms with Crippen LogP contribution >= 0.6 is 12.2 Å². The monoisotopic (exact) mass is 374 g/mol. The summed E-state index contributed by atoms with van der Waals surface area (Å²) in [6.45, 7) is 4.10. The number of carbonyl (C=O) groups excluding carboxylic acids is 1. The lowest BCUT2D eigenvalue weighted by molar-refractivity contribution is -0.120. The zero-order chi connectivity index (χ0) is 19.2. The number of benzene rings is 3. The zero-order valence-electron chi connectivity index (χ0n) is 15.4. The number of anilines is 1. The second kappa shape index (κ2) is 8.60. The molecule has 136 valence electrons. The largest absolute Gasteiger partial charge is 0.332 e. The minimum absolute atomic E-state index is 0.159. The third kappa shape index (κ3) is 4.80. The smallest absolute Gasteiger partial charge is 0.238 e. The fraction of sp³-hybridized carbons (Fsp3) is 0.130. The maximum atomic E-state index is 13.0. The Bertz CT molecular complexity index is 900. The molecular formula is C23H22N2OS. The van der Waals surface area contributed by atoms with E-state index in [2.05, 4.69) is 17.6 Å². The van der Waals surface area contributed by atoms with Crippen molar-refractivity contribution >= 4 is 28.9 Å². The van der Waals surface area contributed by atoms with Crippen molar-refractivity contribution in [2.75, 3.05) is 5.32 Å². The van der Waals surface area contributed by atoms with Crippen LogP contribution in [0, 0.1) is 13.8 Å². The van der Waals surface area contributed by atoms with Crippen molar-refractivity contribution in [3.05, 3.63) is 101 Å². The van der Waals surface area contributed by atoms with Crippen LogP contribution in [0.2, 0.25) is 0 Å². The van der Waals surface area contributed by atoms with Crippen molar-refractivity contribution in [1.82, 2.24) is 5.32 Å². The number of carbonyl (C=O) groups is 1. The Hall–Kier alpha value is -2.98. The van der Waals surface area contributed by atoms with Gasteiger partial charge in [-0.15, -0.1) is 0 Å². The lowest BCUT2D eigenvalue weighted by Gasteiger charge is -2.19. The first-order chi connectivity index (χ1) is 13.0. The molecule has 27 heavy (non-hydrogen) atoms. The molecule has 0 fully saturated rings. The lowest BCUT2D eigenvalue weighted by atomic mass is 9.90. The predicted molar refractivity (Wildman–Crippen MR) is 115 cm³/mol. The van der Waals surface area contributed by atoms with Gasteiger partial charge in [0.25, 0.3) is 0 Å². The average Bonchev–Trinajstić information content (AvgIpc) is 2.66. The Morgan fingerprint density at radius 3 is 1.89 bits per heavy atom. The van der Waals surface area contributed by atoms with E-state index in [1.165, 1.54) is 11.1 Å². The van der Waals surface area contributed by atoms with Crippen molar-refractivity contribution in [2.24, 2.45) is 0 Å². The SMILES string of the molecule is Cc1ccc(NC(=S)NC(=O)C(c2ccccc2)c2ccccc2)cc1C. The van der Waals surface area contributed by atoms with Crippen molar-refractivity contribution in [2.45, 2.75) is 19.8 Å². The first-order valence-corrected chi connectivity index (χ1v) is 9.24. The van der Waals surface area contributed by atoms with E-state index in [1.807, 2.05) is 85.8 Å². The maximum absolute atomic E-state index is 13.0. The van der Waals surface area contributed by atoms with E-state index in [9.17, 15) is 4.79 Å². The van der Waals surface area contributed by atoms with Crippen LogP contribution in [0.4, 0.5) is 5.69 Å². The van der Waals surface area contributed by atoms with Crippen molar-refractivity contribution in [1.29, 1.82) is 0 Å². The molecule has 0 saturated carbocycles. The molecule has 0 heterocycles. The van der Waals surface area contributed by atoms with Gasteiger partial charge in [0.05, 0.1) is 5.92 Å². The fourth-order valence-corrected chi connectivity index (χ4v) is 3.17. The van der Waals surface area contributed by atoms with Gasteiger partial charge in [-0.2, -0.15) is 0 Å². The van der Waals surface area contributed by atoms with Crippen molar-refractivity contribution in [3.63, 3.8) is 0 Å². The molecule has 0 aromatic heterocycles. The predicted octanol–water partition coefficient (Wildman–Crippen LogP) is 4.95. The molecule has 3 aromatic rings. The minimum Gasteiger partial charge on any atom is -0.332 e. The molecule has 3 nitrogen and oxygen atoms in total. The third-order valence-electron chi connectivity index (χ3n) is 4.53. The molecule has 0 spiro atoms. The molecule has 0 radical (unpaired) electrons. The van der Waals surface area contributed by atoms with Gasteiger partial charge in [0.1, 0.15) is 0 Å². The lowest BCUT2D eigenvalue weighted by Crippen LogP contribution is -2.37. The van der Waals surface area contributed by atoms with Gasteiger partial charge >= 0.3 is 0 Å². The van der Waals surface area contributed by atoms with E-state index in [-0.39, 0.29) is 5.91 Å². The molecule has 2 N–H and O–H groups in total. The van der Waals surface area contributed by atoms with Gasteiger partial charge < -0.3 is 10.6 Å². The number of aryl methyl sites for hydroxylation is 2. The van der Waals surface area contributed by atoms with E-state index < -0.39 is 5.92 Å². The molecular weight excluding hydrogens is 352 g/mol. The number of nitrogens with one attached hydrogen (secondary N) is 2. The highest BCUT2D eigenvalue weighted by Crippen LogP contribution is 2.24. The standard InChI is InChI=1S/C23H22N2OS/c1-16-13-14-20(15-17(16)2)24-23(27)25-22(26)21(18-9-5-3-6-10-18)19-11-7-4-8-12-19/h3-15,21H,1-2H3,(H2,24,25,26,27). The van der Waals surface area contributed by atoms with E-state index in [4.69, 9.17) is 12.2 Å². The summed E-state index contributed by atoms with van der Waals surface area (Å²) in [6, 6.07) is 25.4. The number of amides is 1. The highest BCUT2D eigenvalue weighted by molar-refractivity contribution is 7.80. The van der Waals surface area contributed by atoms with Crippen LogP contribution < -0.4 is 10.6 Å². The summed E-state index contributed by atoms with van der Waals surface area (Å²) in [5, 5.41) is 6.23. The van der Waals surface area contributed by atoms with Crippen molar-refractivity contribution < 1.29 is 4.79 Å². The number of hydrogen-bond donors (Lipinski definition) is 2.